The van der Waals surface area contributed by atoms with Crippen LogP contribution >= 0.6 is 0 Å². The number of allylic oxidation sites excluding steroid dienone is 1. The zero-order valence-electron chi connectivity index (χ0n) is 12.1. The monoisotopic (exact) mass is 251 g/mol. The lowest BCUT2D eigenvalue weighted by molar-refractivity contribution is -0.0282. The standard InChI is InChI=1S/C16H29NO/c1-3-9-17-16(14-7-5-6-8-14)12-13-10-15(11-13)18-4-2/h7,13,15-17H,3-6,8-12H2,1-2H3. The van der Waals surface area contributed by atoms with Crippen molar-refractivity contribution in [3.63, 3.8) is 0 Å². The van der Waals surface area contributed by atoms with Gasteiger partial charge in [-0.2, -0.15) is 0 Å². The van der Waals surface area contributed by atoms with Crippen LogP contribution in [0, 0.1) is 5.92 Å². The molecule has 1 atom stereocenters. The minimum Gasteiger partial charge on any atom is -0.378 e. The van der Waals surface area contributed by atoms with Crippen LogP contribution in [0.3, 0.4) is 0 Å². The van der Waals surface area contributed by atoms with Crippen LogP contribution in [0.4, 0.5) is 0 Å². The van der Waals surface area contributed by atoms with Crippen LogP contribution in [0.2, 0.25) is 0 Å². The van der Waals surface area contributed by atoms with Gasteiger partial charge in [0.2, 0.25) is 0 Å². The van der Waals surface area contributed by atoms with E-state index in [0.717, 1.165) is 19.1 Å². The van der Waals surface area contributed by atoms with Gasteiger partial charge in [0.25, 0.3) is 0 Å². The quantitative estimate of drug-likeness (QED) is 0.665. The summed E-state index contributed by atoms with van der Waals surface area (Å²) in [6.07, 6.45) is 12.2. The van der Waals surface area contributed by atoms with Gasteiger partial charge in [0.1, 0.15) is 0 Å². The van der Waals surface area contributed by atoms with Crippen LogP contribution < -0.4 is 5.32 Å². The lowest BCUT2D eigenvalue weighted by Crippen LogP contribution is -2.39. The fraction of sp³-hybridized carbons (Fsp3) is 0.875. The molecule has 2 rings (SSSR count). The van der Waals surface area contributed by atoms with Crippen molar-refractivity contribution < 1.29 is 4.74 Å². The van der Waals surface area contributed by atoms with Gasteiger partial charge in [-0.15, -0.1) is 0 Å². The van der Waals surface area contributed by atoms with E-state index in [0.29, 0.717) is 12.1 Å². The van der Waals surface area contributed by atoms with Crippen molar-refractivity contribution >= 4 is 0 Å². The van der Waals surface area contributed by atoms with Crippen molar-refractivity contribution in [3.8, 4) is 0 Å². The zero-order valence-corrected chi connectivity index (χ0v) is 12.1. The van der Waals surface area contributed by atoms with Crippen molar-refractivity contribution in [2.45, 2.75) is 70.9 Å². The van der Waals surface area contributed by atoms with Crippen molar-refractivity contribution in [2.75, 3.05) is 13.2 Å². The first-order chi connectivity index (χ1) is 8.83. The molecule has 1 fully saturated rings. The number of hydrogen-bond acceptors (Lipinski definition) is 2. The first-order valence-corrected chi connectivity index (χ1v) is 7.87. The van der Waals surface area contributed by atoms with Crippen molar-refractivity contribution in [1.29, 1.82) is 0 Å². The van der Waals surface area contributed by atoms with Crippen molar-refractivity contribution in [3.05, 3.63) is 11.6 Å². The van der Waals surface area contributed by atoms with E-state index in [2.05, 4.69) is 25.2 Å². The minimum atomic E-state index is 0.560. The van der Waals surface area contributed by atoms with Crippen LogP contribution in [0.15, 0.2) is 11.6 Å². The maximum atomic E-state index is 5.66. The van der Waals surface area contributed by atoms with Gasteiger partial charge in [-0.3, -0.25) is 0 Å². The highest BCUT2D eigenvalue weighted by atomic mass is 16.5. The van der Waals surface area contributed by atoms with E-state index in [9.17, 15) is 0 Å². The second-order valence-electron chi connectivity index (χ2n) is 5.83. The number of nitrogens with one attached hydrogen (secondary N) is 1. The van der Waals surface area contributed by atoms with Gasteiger partial charge >= 0.3 is 0 Å². The molecule has 0 aliphatic heterocycles. The number of ether oxygens (including phenoxy) is 1. The van der Waals surface area contributed by atoms with E-state index in [4.69, 9.17) is 4.74 Å². The Labute approximate surface area is 112 Å². The molecule has 0 aromatic carbocycles. The molecule has 18 heavy (non-hydrogen) atoms. The van der Waals surface area contributed by atoms with Crippen LogP contribution in [0.5, 0.6) is 0 Å². The van der Waals surface area contributed by atoms with Gasteiger partial charge in [0.05, 0.1) is 6.10 Å². The van der Waals surface area contributed by atoms with Crippen molar-refractivity contribution in [1.82, 2.24) is 5.32 Å². The summed E-state index contributed by atoms with van der Waals surface area (Å²) in [5.74, 6) is 0.886. The van der Waals surface area contributed by atoms with E-state index in [1.807, 2.05) is 0 Å². The maximum absolute atomic E-state index is 5.66. The van der Waals surface area contributed by atoms with E-state index in [1.165, 1.54) is 44.9 Å². The third-order valence-corrected chi connectivity index (χ3v) is 4.33. The summed E-state index contributed by atoms with van der Waals surface area (Å²) in [6.45, 7) is 6.38. The second-order valence-corrected chi connectivity index (χ2v) is 5.83. The third kappa shape index (κ3) is 3.83. The topological polar surface area (TPSA) is 21.3 Å². The normalized spacial score (nSPS) is 28.9. The zero-order chi connectivity index (χ0) is 12.8. The molecule has 104 valence electrons. The lowest BCUT2D eigenvalue weighted by atomic mass is 9.77. The molecule has 1 saturated carbocycles. The van der Waals surface area contributed by atoms with Gasteiger partial charge < -0.3 is 10.1 Å². The fourth-order valence-electron chi connectivity index (χ4n) is 3.27. The SMILES string of the molecule is CCCNC(CC1CC(OCC)C1)C1=CCCC1. The molecule has 0 bridgehead atoms. The molecule has 0 amide bonds. The largest absolute Gasteiger partial charge is 0.378 e. The predicted molar refractivity (Wildman–Crippen MR) is 76.8 cm³/mol. The average Bonchev–Trinajstić information content (AvgIpc) is 2.84. The summed E-state index contributed by atoms with van der Waals surface area (Å²) in [4.78, 5) is 0. The molecular formula is C16H29NO. The molecule has 0 spiro atoms. The molecule has 2 aliphatic carbocycles. The molecule has 0 heterocycles. The molecule has 2 nitrogen and oxygen atoms in total. The summed E-state index contributed by atoms with van der Waals surface area (Å²) in [7, 11) is 0. The number of rotatable bonds is 8. The van der Waals surface area contributed by atoms with Crippen LogP contribution in [0.1, 0.15) is 58.8 Å². The summed E-state index contributed by atoms with van der Waals surface area (Å²) in [6, 6.07) is 0.653. The molecular weight excluding hydrogens is 222 g/mol. The molecule has 0 saturated heterocycles. The summed E-state index contributed by atoms with van der Waals surface area (Å²) >= 11 is 0. The Morgan fingerprint density at radius 3 is 2.83 bits per heavy atom. The molecule has 2 aliphatic rings. The molecule has 2 heteroatoms. The van der Waals surface area contributed by atoms with Gasteiger partial charge in [-0.25, -0.2) is 0 Å². The summed E-state index contributed by atoms with van der Waals surface area (Å²) in [5.41, 5.74) is 1.68. The Balaban J connectivity index is 1.75. The first-order valence-electron chi connectivity index (χ1n) is 7.87. The van der Waals surface area contributed by atoms with Gasteiger partial charge in [-0.1, -0.05) is 18.6 Å². The van der Waals surface area contributed by atoms with E-state index in [-0.39, 0.29) is 0 Å². The molecule has 1 unspecified atom stereocenters. The van der Waals surface area contributed by atoms with Gasteiger partial charge in [0, 0.05) is 12.6 Å². The van der Waals surface area contributed by atoms with E-state index >= 15 is 0 Å². The summed E-state index contributed by atoms with van der Waals surface area (Å²) in [5, 5.41) is 3.75. The molecule has 0 aromatic rings. The first kappa shape index (κ1) is 14.1. The highest BCUT2D eigenvalue weighted by Gasteiger charge is 2.32. The number of hydrogen-bond donors (Lipinski definition) is 1. The lowest BCUT2D eigenvalue weighted by Gasteiger charge is -2.37. The Bertz CT molecular complexity index is 268. The van der Waals surface area contributed by atoms with Gasteiger partial charge in [-0.05, 0) is 64.3 Å². The molecule has 0 aromatic heterocycles. The van der Waals surface area contributed by atoms with Crippen molar-refractivity contribution in [2.24, 2.45) is 5.92 Å². The Hall–Kier alpha value is -0.340. The smallest absolute Gasteiger partial charge is 0.0580 e. The van der Waals surface area contributed by atoms with Crippen LogP contribution in [-0.2, 0) is 4.74 Å². The maximum Gasteiger partial charge on any atom is 0.0580 e. The fourth-order valence-corrected chi connectivity index (χ4v) is 3.27. The molecule has 1 N–H and O–H groups in total. The van der Waals surface area contributed by atoms with Gasteiger partial charge in [0.15, 0.2) is 0 Å². The van der Waals surface area contributed by atoms with E-state index < -0.39 is 0 Å². The highest BCUT2D eigenvalue weighted by Crippen LogP contribution is 2.36. The second kappa shape index (κ2) is 7.30. The predicted octanol–water partition coefficient (Wildman–Crippen LogP) is 3.67. The third-order valence-electron chi connectivity index (χ3n) is 4.33. The molecule has 0 radical (unpaired) electrons. The van der Waals surface area contributed by atoms with Crippen LogP contribution in [0.25, 0.3) is 0 Å². The average molecular weight is 251 g/mol. The Morgan fingerprint density at radius 1 is 1.39 bits per heavy atom. The Morgan fingerprint density at radius 2 is 2.22 bits per heavy atom. The summed E-state index contributed by atoms with van der Waals surface area (Å²) < 4.78 is 5.66. The van der Waals surface area contributed by atoms with Crippen LogP contribution in [-0.4, -0.2) is 25.3 Å². The van der Waals surface area contributed by atoms with E-state index in [1.54, 1.807) is 5.57 Å². The minimum absolute atomic E-state index is 0.560. The highest BCUT2D eigenvalue weighted by molar-refractivity contribution is 5.15. The Kier molecular flexibility index (Phi) is 5.71.